The van der Waals surface area contributed by atoms with Crippen LogP contribution in [0.3, 0.4) is 0 Å². The molecule has 0 bridgehead atoms. The van der Waals surface area contributed by atoms with Gasteiger partial charge in [0.25, 0.3) is 0 Å². The number of hydrogen-bond donors (Lipinski definition) is 0. The molecule has 0 amide bonds. The molecule has 3 nitrogen and oxygen atoms in total. The van der Waals surface area contributed by atoms with Crippen LogP contribution in [0.25, 0.3) is 22.3 Å². The fraction of sp³-hybridized carbons (Fsp3) is 0.102. The van der Waals surface area contributed by atoms with Crippen LogP contribution in [-0.2, 0) is 5.41 Å². The molecule has 4 aliphatic carbocycles. The molecule has 2 atom stereocenters. The van der Waals surface area contributed by atoms with Crippen molar-refractivity contribution in [3.63, 3.8) is 0 Å². The van der Waals surface area contributed by atoms with Gasteiger partial charge in [-0.05, 0) is 99.3 Å². The number of allylic oxidation sites excluding steroid dienone is 6. The molecular formula is C49H35NO2. The second-order valence-electron chi connectivity index (χ2n) is 14.3. The Hall–Kier alpha value is -6.32. The van der Waals surface area contributed by atoms with Gasteiger partial charge in [-0.15, -0.1) is 0 Å². The molecule has 1 heterocycles. The standard InChI is InChI=1S/C49H35NO2/c1-3-14-32(15-4-1)33-26-28-35(29-27-33)50(34-16-5-2-6-17-34)44-24-13-25-45-48(44)52-46-30-39-38-20-9-12-23-42(38)49(43(39)31-47(46)51-45)40-21-10-7-18-36(40)37-19-8-11-22-41(37)49/h1-14,16-28,30-32,35H,15,29H2/t32?,35-/m1/s1. The number of rotatable bonds is 4. The number of anilines is 2. The van der Waals surface area contributed by atoms with Crippen LogP contribution in [0.15, 0.2) is 182 Å². The van der Waals surface area contributed by atoms with Crippen molar-refractivity contribution in [1.82, 2.24) is 0 Å². The third-order valence-electron chi connectivity index (χ3n) is 11.6. The monoisotopic (exact) mass is 669 g/mol. The van der Waals surface area contributed by atoms with E-state index in [-0.39, 0.29) is 6.04 Å². The quantitative estimate of drug-likeness (QED) is 0.186. The lowest BCUT2D eigenvalue weighted by Gasteiger charge is -2.36. The maximum atomic E-state index is 7.03. The van der Waals surface area contributed by atoms with E-state index < -0.39 is 5.41 Å². The Labute approximate surface area is 304 Å². The molecule has 0 fully saturated rings. The van der Waals surface area contributed by atoms with Gasteiger partial charge < -0.3 is 14.4 Å². The molecule has 6 aromatic carbocycles. The minimum Gasteiger partial charge on any atom is -0.449 e. The highest BCUT2D eigenvalue weighted by Crippen LogP contribution is 2.65. The summed E-state index contributed by atoms with van der Waals surface area (Å²) in [5.74, 6) is 3.36. The van der Waals surface area contributed by atoms with E-state index in [0.717, 1.165) is 47.2 Å². The van der Waals surface area contributed by atoms with Gasteiger partial charge in [-0.25, -0.2) is 0 Å². The van der Waals surface area contributed by atoms with E-state index in [1.54, 1.807) is 0 Å². The van der Waals surface area contributed by atoms with Crippen molar-refractivity contribution in [2.75, 3.05) is 4.90 Å². The molecule has 248 valence electrons. The van der Waals surface area contributed by atoms with Gasteiger partial charge in [-0.2, -0.15) is 0 Å². The second kappa shape index (κ2) is 11.3. The van der Waals surface area contributed by atoms with Gasteiger partial charge in [0.1, 0.15) is 0 Å². The third kappa shape index (κ3) is 4.14. The van der Waals surface area contributed by atoms with E-state index in [1.807, 2.05) is 6.07 Å². The van der Waals surface area contributed by atoms with E-state index >= 15 is 0 Å². The van der Waals surface area contributed by atoms with Gasteiger partial charge >= 0.3 is 0 Å². The Morgan fingerprint density at radius 1 is 0.538 bits per heavy atom. The Kier molecular flexibility index (Phi) is 6.42. The van der Waals surface area contributed by atoms with Crippen molar-refractivity contribution in [2.45, 2.75) is 24.3 Å². The number of hydrogen-bond acceptors (Lipinski definition) is 3. The molecule has 5 aliphatic rings. The number of para-hydroxylation sites is 2. The molecule has 1 aliphatic heterocycles. The van der Waals surface area contributed by atoms with E-state index in [9.17, 15) is 0 Å². The lowest BCUT2D eigenvalue weighted by atomic mass is 9.70. The summed E-state index contributed by atoms with van der Waals surface area (Å²) < 4.78 is 13.9. The minimum absolute atomic E-state index is 0.111. The molecule has 11 rings (SSSR count). The largest absolute Gasteiger partial charge is 0.449 e. The summed E-state index contributed by atoms with van der Waals surface area (Å²) in [5.41, 5.74) is 13.2. The van der Waals surface area contributed by atoms with Crippen molar-refractivity contribution >= 4 is 11.4 Å². The molecule has 0 saturated heterocycles. The van der Waals surface area contributed by atoms with Crippen molar-refractivity contribution in [1.29, 1.82) is 0 Å². The maximum absolute atomic E-state index is 7.03. The molecule has 0 N–H and O–H groups in total. The number of benzene rings is 6. The normalized spacial score (nSPS) is 19.0. The molecule has 0 saturated carbocycles. The van der Waals surface area contributed by atoms with Crippen LogP contribution in [0.2, 0.25) is 0 Å². The summed E-state index contributed by atoms with van der Waals surface area (Å²) in [6.07, 6.45) is 17.9. The van der Waals surface area contributed by atoms with Crippen molar-refractivity contribution in [3.8, 4) is 45.3 Å². The van der Waals surface area contributed by atoms with Gasteiger partial charge in [-0.1, -0.05) is 140 Å². The number of fused-ring (bicyclic) bond motifs is 12. The van der Waals surface area contributed by atoms with Crippen LogP contribution < -0.4 is 14.4 Å². The summed E-state index contributed by atoms with van der Waals surface area (Å²) in [7, 11) is 0. The molecule has 1 spiro atoms. The van der Waals surface area contributed by atoms with Crippen LogP contribution in [0.1, 0.15) is 35.1 Å². The zero-order valence-corrected chi connectivity index (χ0v) is 28.6. The fourth-order valence-corrected chi connectivity index (χ4v) is 9.38. The summed E-state index contributed by atoms with van der Waals surface area (Å²) in [5, 5.41) is 0. The zero-order valence-electron chi connectivity index (χ0n) is 28.6. The first kappa shape index (κ1) is 29.4. The van der Waals surface area contributed by atoms with Crippen molar-refractivity contribution in [2.24, 2.45) is 5.92 Å². The smallest absolute Gasteiger partial charge is 0.193 e. The summed E-state index contributed by atoms with van der Waals surface area (Å²) in [4.78, 5) is 2.40. The highest BCUT2D eigenvalue weighted by Gasteiger charge is 2.52. The molecule has 1 unspecified atom stereocenters. The molecule has 6 aromatic rings. The lowest BCUT2D eigenvalue weighted by Crippen LogP contribution is -2.31. The molecule has 3 heteroatoms. The maximum Gasteiger partial charge on any atom is 0.193 e. The first-order valence-electron chi connectivity index (χ1n) is 18.3. The molecular weight excluding hydrogens is 635 g/mol. The first-order valence-corrected chi connectivity index (χ1v) is 18.3. The van der Waals surface area contributed by atoms with Crippen LogP contribution in [-0.4, -0.2) is 6.04 Å². The predicted octanol–water partition coefficient (Wildman–Crippen LogP) is 12.5. The number of nitrogens with zero attached hydrogens (tertiary/aromatic N) is 1. The van der Waals surface area contributed by atoms with E-state index in [4.69, 9.17) is 9.47 Å². The SMILES string of the molecule is C1=CCC(C2=CC[C@H](N(c3ccccc3)c3cccc4c3Oc3cc5c(cc3O4)C3(c4ccccc4-c4ccccc43)c3ccccc3-5)C=C2)C=C1. The highest BCUT2D eigenvalue weighted by atomic mass is 16.6. The summed E-state index contributed by atoms with van der Waals surface area (Å²) in [6.45, 7) is 0. The van der Waals surface area contributed by atoms with Gasteiger partial charge in [-0.3, -0.25) is 0 Å². The van der Waals surface area contributed by atoms with Gasteiger partial charge in [0.15, 0.2) is 23.0 Å². The molecule has 0 radical (unpaired) electrons. The average molecular weight is 670 g/mol. The van der Waals surface area contributed by atoms with E-state index in [1.165, 1.54) is 50.1 Å². The fourth-order valence-electron chi connectivity index (χ4n) is 9.38. The van der Waals surface area contributed by atoms with Crippen LogP contribution in [0, 0.1) is 5.92 Å². The Bertz CT molecular complexity index is 2510. The highest BCUT2D eigenvalue weighted by molar-refractivity contribution is 5.96. The zero-order chi connectivity index (χ0) is 34.2. The minimum atomic E-state index is -0.437. The Balaban J connectivity index is 1.03. The molecule has 0 aromatic heterocycles. The van der Waals surface area contributed by atoms with Crippen molar-refractivity contribution in [3.05, 3.63) is 204 Å². The topological polar surface area (TPSA) is 21.7 Å². The predicted molar refractivity (Wildman–Crippen MR) is 210 cm³/mol. The summed E-state index contributed by atoms with van der Waals surface area (Å²) >= 11 is 0. The van der Waals surface area contributed by atoms with Crippen LogP contribution in [0.4, 0.5) is 11.4 Å². The summed E-state index contributed by atoms with van der Waals surface area (Å²) in [6, 6.07) is 48.1. The Morgan fingerprint density at radius 3 is 1.88 bits per heavy atom. The first-order chi connectivity index (χ1) is 25.8. The van der Waals surface area contributed by atoms with Gasteiger partial charge in [0.2, 0.25) is 0 Å². The average Bonchev–Trinajstić information content (AvgIpc) is 3.67. The van der Waals surface area contributed by atoms with Gasteiger partial charge in [0.05, 0.1) is 17.1 Å². The van der Waals surface area contributed by atoms with Crippen LogP contribution >= 0.6 is 0 Å². The second-order valence-corrected chi connectivity index (χ2v) is 14.3. The third-order valence-corrected chi connectivity index (χ3v) is 11.6. The van der Waals surface area contributed by atoms with Gasteiger partial charge in [0, 0.05) is 11.6 Å². The Morgan fingerprint density at radius 2 is 1.21 bits per heavy atom. The van der Waals surface area contributed by atoms with E-state index in [2.05, 4.69) is 175 Å². The van der Waals surface area contributed by atoms with E-state index in [0.29, 0.717) is 5.92 Å². The number of ether oxygens (including phenoxy) is 2. The molecule has 52 heavy (non-hydrogen) atoms. The lowest BCUT2D eigenvalue weighted by molar-refractivity contribution is 0.359. The van der Waals surface area contributed by atoms with Crippen LogP contribution in [0.5, 0.6) is 23.0 Å². The van der Waals surface area contributed by atoms with Crippen molar-refractivity contribution < 1.29 is 9.47 Å².